The van der Waals surface area contributed by atoms with Gasteiger partial charge in [0.1, 0.15) is 11.2 Å². The molecular weight excluding hydrogens is 759 g/mol. The van der Waals surface area contributed by atoms with Crippen molar-refractivity contribution < 1.29 is 4.42 Å². The lowest BCUT2D eigenvalue weighted by atomic mass is 9.79. The Labute approximate surface area is 358 Å². The highest BCUT2D eigenvalue weighted by molar-refractivity contribution is 7.26. The maximum absolute atomic E-state index is 6.75. The number of thiophene rings is 1. The largest absolute Gasteiger partial charge is 0.455 e. The van der Waals surface area contributed by atoms with Crippen molar-refractivity contribution >= 4 is 81.3 Å². The first-order chi connectivity index (χ1) is 29.8. The summed E-state index contributed by atoms with van der Waals surface area (Å²) in [5.74, 6) is 0. The topological polar surface area (TPSA) is 16.4 Å². The van der Waals surface area contributed by atoms with Crippen molar-refractivity contribution in [2.24, 2.45) is 0 Å². The standard InChI is InChI=1S/C58H41NOS/c1-57(2)47-18-9-7-14-41(47)43-27-25-37(32-49(43)57)59(36-23-20-35(21-24-36)40-16-11-17-44-42-15-8-10-19-48(42)58(3,4)55(40)44)38-26-28-45-52(33-38)61-51-31-29-46-53-39-13-6-5-12-34(39)22-30-50(53)60-56(46)54(45)51/h5-33H,1-4H3. The molecule has 9 aromatic carbocycles. The second-order valence-corrected chi connectivity index (χ2v) is 19.1. The molecule has 0 bridgehead atoms. The molecule has 2 nitrogen and oxygen atoms in total. The molecule has 13 rings (SSSR count). The van der Waals surface area contributed by atoms with Crippen LogP contribution >= 0.6 is 11.3 Å². The van der Waals surface area contributed by atoms with Crippen molar-refractivity contribution in [3.05, 3.63) is 198 Å². The number of hydrogen-bond donors (Lipinski definition) is 0. The molecule has 0 saturated carbocycles. The van der Waals surface area contributed by atoms with Gasteiger partial charge in [-0.2, -0.15) is 0 Å². The van der Waals surface area contributed by atoms with E-state index in [1.807, 2.05) is 11.3 Å². The fourth-order valence-electron chi connectivity index (χ4n) is 11.1. The lowest BCUT2D eigenvalue weighted by molar-refractivity contribution is 0.660. The number of nitrogens with zero attached hydrogens (tertiary/aromatic N) is 1. The van der Waals surface area contributed by atoms with Gasteiger partial charge in [-0.3, -0.25) is 0 Å². The van der Waals surface area contributed by atoms with Gasteiger partial charge in [-0.25, -0.2) is 0 Å². The summed E-state index contributed by atoms with van der Waals surface area (Å²) in [6.07, 6.45) is 0. The first-order valence-electron chi connectivity index (χ1n) is 21.3. The third-order valence-electron chi connectivity index (χ3n) is 14.0. The number of anilines is 3. The molecule has 11 aromatic rings. The van der Waals surface area contributed by atoms with E-state index in [4.69, 9.17) is 4.42 Å². The van der Waals surface area contributed by atoms with E-state index >= 15 is 0 Å². The van der Waals surface area contributed by atoms with Crippen LogP contribution in [0, 0.1) is 0 Å². The van der Waals surface area contributed by atoms with E-state index in [0.717, 1.165) is 28.2 Å². The third-order valence-corrected chi connectivity index (χ3v) is 15.2. The van der Waals surface area contributed by atoms with Gasteiger partial charge in [0.05, 0.1) is 0 Å². The summed E-state index contributed by atoms with van der Waals surface area (Å²) < 4.78 is 9.22. The molecular formula is C58H41NOS. The summed E-state index contributed by atoms with van der Waals surface area (Å²) in [6, 6.07) is 65.4. The highest BCUT2D eigenvalue weighted by Gasteiger charge is 2.38. The molecule has 0 atom stereocenters. The Morgan fingerprint density at radius 3 is 1.90 bits per heavy atom. The van der Waals surface area contributed by atoms with Gasteiger partial charge >= 0.3 is 0 Å². The molecule has 0 N–H and O–H groups in total. The molecule has 2 aliphatic rings. The summed E-state index contributed by atoms with van der Waals surface area (Å²) in [4.78, 5) is 2.45. The van der Waals surface area contributed by atoms with Crippen molar-refractivity contribution in [1.82, 2.24) is 0 Å². The van der Waals surface area contributed by atoms with Crippen LogP contribution in [0.1, 0.15) is 49.9 Å². The van der Waals surface area contributed by atoms with Crippen LogP contribution in [0.15, 0.2) is 180 Å². The summed E-state index contributed by atoms with van der Waals surface area (Å²) in [5, 5.41) is 7.23. The second-order valence-electron chi connectivity index (χ2n) is 18.0. The average Bonchev–Trinajstić information content (AvgIpc) is 3.99. The molecule has 3 heteroatoms. The van der Waals surface area contributed by atoms with Gasteiger partial charge in [-0.15, -0.1) is 11.3 Å². The fraction of sp³-hybridized carbons (Fsp3) is 0.103. The summed E-state index contributed by atoms with van der Waals surface area (Å²) in [6.45, 7) is 9.47. The lowest BCUT2D eigenvalue weighted by Crippen LogP contribution is -2.16. The van der Waals surface area contributed by atoms with E-state index in [1.165, 1.54) is 97.4 Å². The van der Waals surface area contributed by atoms with Crippen molar-refractivity contribution in [3.8, 4) is 33.4 Å². The molecule has 290 valence electrons. The van der Waals surface area contributed by atoms with Gasteiger partial charge in [-0.05, 0) is 121 Å². The maximum Gasteiger partial charge on any atom is 0.144 e. The van der Waals surface area contributed by atoms with Crippen LogP contribution in [0.5, 0.6) is 0 Å². The van der Waals surface area contributed by atoms with E-state index < -0.39 is 0 Å². The van der Waals surface area contributed by atoms with Crippen molar-refractivity contribution in [3.63, 3.8) is 0 Å². The van der Waals surface area contributed by atoms with E-state index in [2.05, 4.69) is 209 Å². The number of benzene rings is 9. The lowest BCUT2D eigenvalue weighted by Gasteiger charge is -2.28. The van der Waals surface area contributed by atoms with E-state index in [9.17, 15) is 0 Å². The molecule has 0 aliphatic heterocycles. The summed E-state index contributed by atoms with van der Waals surface area (Å²) >= 11 is 1.84. The Morgan fingerprint density at radius 2 is 1.07 bits per heavy atom. The van der Waals surface area contributed by atoms with Crippen molar-refractivity contribution in [2.45, 2.75) is 38.5 Å². The van der Waals surface area contributed by atoms with Crippen LogP contribution in [0.2, 0.25) is 0 Å². The first-order valence-corrected chi connectivity index (χ1v) is 22.1. The molecule has 0 amide bonds. The van der Waals surface area contributed by atoms with Crippen LogP contribution < -0.4 is 4.90 Å². The Hall–Kier alpha value is -6.94. The normalized spacial score (nSPS) is 14.5. The zero-order valence-corrected chi connectivity index (χ0v) is 35.3. The van der Waals surface area contributed by atoms with Crippen LogP contribution in [0.3, 0.4) is 0 Å². The minimum Gasteiger partial charge on any atom is -0.455 e. The number of rotatable bonds is 4. The van der Waals surface area contributed by atoms with Crippen LogP contribution in [-0.2, 0) is 10.8 Å². The molecule has 0 saturated heterocycles. The van der Waals surface area contributed by atoms with Gasteiger partial charge in [0.2, 0.25) is 0 Å². The zero-order valence-electron chi connectivity index (χ0n) is 34.5. The molecule has 2 aromatic heterocycles. The SMILES string of the molecule is CC1(C)c2ccccc2-c2ccc(N(c3ccc(-c4cccc5c4C(C)(C)c4ccccc4-5)cc3)c3ccc4c(c3)sc3ccc5c(oc6ccc7ccccc7c65)c34)cc21. The highest BCUT2D eigenvalue weighted by Crippen LogP contribution is 2.54. The maximum atomic E-state index is 6.75. The van der Waals surface area contributed by atoms with E-state index in [1.54, 1.807) is 0 Å². The Morgan fingerprint density at radius 1 is 0.426 bits per heavy atom. The van der Waals surface area contributed by atoms with Crippen LogP contribution in [-0.4, -0.2) is 0 Å². The molecule has 0 radical (unpaired) electrons. The van der Waals surface area contributed by atoms with Gasteiger partial charge in [0.15, 0.2) is 0 Å². The number of furan rings is 1. The van der Waals surface area contributed by atoms with Crippen LogP contribution in [0.4, 0.5) is 17.1 Å². The summed E-state index contributed by atoms with van der Waals surface area (Å²) in [7, 11) is 0. The zero-order chi connectivity index (χ0) is 40.8. The average molecular weight is 800 g/mol. The highest BCUT2D eigenvalue weighted by atomic mass is 32.1. The third kappa shape index (κ3) is 4.78. The van der Waals surface area contributed by atoms with Gasteiger partial charge in [0, 0.05) is 58.8 Å². The van der Waals surface area contributed by atoms with Gasteiger partial charge in [-0.1, -0.05) is 149 Å². The number of fused-ring (bicyclic) bond motifs is 15. The quantitative estimate of drug-likeness (QED) is 0.176. The smallest absolute Gasteiger partial charge is 0.144 e. The first kappa shape index (κ1) is 34.9. The Balaban J connectivity index is 0.979. The molecule has 61 heavy (non-hydrogen) atoms. The van der Waals surface area contributed by atoms with E-state index in [0.29, 0.717) is 0 Å². The van der Waals surface area contributed by atoms with Crippen molar-refractivity contribution in [1.29, 1.82) is 0 Å². The fourth-order valence-corrected chi connectivity index (χ4v) is 12.3. The summed E-state index contributed by atoms with van der Waals surface area (Å²) in [5.41, 5.74) is 18.5. The van der Waals surface area contributed by atoms with E-state index in [-0.39, 0.29) is 10.8 Å². The van der Waals surface area contributed by atoms with Crippen molar-refractivity contribution in [2.75, 3.05) is 4.90 Å². The Bertz CT molecular complexity index is 3650. The Kier molecular flexibility index (Phi) is 7.04. The number of hydrogen-bond acceptors (Lipinski definition) is 3. The van der Waals surface area contributed by atoms with Crippen LogP contribution in [0.25, 0.3) is 86.3 Å². The minimum absolute atomic E-state index is 0.0938. The molecule has 2 heterocycles. The minimum atomic E-state index is -0.117. The molecule has 0 spiro atoms. The molecule has 0 fully saturated rings. The van der Waals surface area contributed by atoms with Gasteiger partial charge < -0.3 is 9.32 Å². The second kappa shape index (κ2) is 12.3. The monoisotopic (exact) mass is 799 g/mol. The molecule has 0 unspecified atom stereocenters. The van der Waals surface area contributed by atoms with Gasteiger partial charge in [0.25, 0.3) is 0 Å². The molecule has 2 aliphatic carbocycles. The predicted octanol–water partition coefficient (Wildman–Crippen LogP) is 16.9. The predicted molar refractivity (Wildman–Crippen MR) is 259 cm³/mol.